The van der Waals surface area contributed by atoms with Gasteiger partial charge in [-0.1, -0.05) is 11.6 Å². The summed E-state index contributed by atoms with van der Waals surface area (Å²) < 4.78 is 5.27. The number of nitrogens with zero attached hydrogens (tertiary/aromatic N) is 4. The Kier molecular flexibility index (Phi) is 4.22. The summed E-state index contributed by atoms with van der Waals surface area (Å²) in [6.07, 6.45) is 8.31. The molecule has 1 atom stereocenters. The molecule has 3 rings (SSSR count). The molecule has 7 heteroatoms. The minimum atomic E-state index is 0. The average Bonchev–Trinajstić information content (AvgIpc) is 2.90. The molecule has 0 unspecified atom stereocenters. The monoisotopic (exact) mass is 267 g/mol. The summed E-state index contributed by atoms with van der Waals surface area (Å²) >= 11 is 0. The van der Waals surface area contributed by atoms with Crippen LogP contribution in [-0.4, -0.2) is 26.7 Å². The van der Waals surface area contributed by atoms with Crippen molar-refractivity contribution in [2.24, 2.45) is 0 Å². The summed E-state index contributed by atoms with van der Waals surface area (Å²) in [4.78, 5) is 12.5. The predicted octanol–water partition coefficient (Wildman–Crippen LogP) is 1.76. The molecule has 0 aromatic carbocycles. The fourth-order valence-corrected chi connectivity index (χ4v) is 1.96. The quantitative estimate of drug-likeness (QED) is 0.893. The molecule has 0 bridgehead atoms. The predicted molar refractivity (Wildman–Crippen MR) is 67.2 cm³/mol. The Labute approximate surface area is 111 Å². The van der Waals surface area contributed by atoms with Crippen molar-refractivity contribution >= 4 is 12.4 Å². The van der Waals surface area contributed by atoms with Crippen molar-refractivity contribution in [1.29, 1.82) is 0 Å². The first kappa shape index (κ1) is 12.9. The smallest absolute Gasteiger partial charge is 0.244 e. The number of aromatic nitrogens is 4. The molecule has 1 aliphatic rings. The second-order valence-electron chi connectivity index (χ2n) is 4.05. The maximum absolute atomic E-state index is 5.27. The van der Waals surface area contributed by atoms with Crippen molar-refractivity contribution < 1.29 is 4.52 Å². The number of hydrogen-bond acceptors (Lipinski definition) is 6. The standard InChI is InChI=1S/C11H13N5O.ClH/c1-2-4-13-8(3-1)11-15-10(16-17-11)9-7-12-5-6-14-9;/h5-8,13H,1-4H2;1H/t8-;/m0./s1. The molecule has 1 saturated heterocycles. The van der Waals surface area contributed by atoms with Gasteiger partial charge in [0.15, 0.2) is 0 Å². The third-order valence-electron chi connectivity index (χ3n) is 2.84. The SMILES string of the molecule is Cl.c1cnc(-c2noc([C@@H]3CCCCN3)n2)cn1. The fourth-order valence-electron chi connectivity index (χ4n) is 1.96. The average molecular weight is 268 g/mol. The Morgan fingerprint density at radius 3 is 2.94 bits per heavy atom. The van der Waals surface area contributed by atoms with Crippen LogP contribution >= 0.6 is 12.4 Å². The normalized spacial score (nSPS) is 19.2. The molecular formula is C11H14ClN5O. The van der Waals surface area contributed by atoms with Gasteiger partial charge < -0.3 is 9.84 Å². The van der Waals surface area contributed by atoms with Gasteiger partial charge in [-0.05, 0) is 19.4 Å². The molecule has 0 amide bonds. The molecule has 3 heterocycles. The summed E-state index contributed by atoms with van der Waals surface area (Å²) in [6.45, 7) is 1.01. The van der Waals surface area contributed by atoms with E-state index < -0.39 is 0 Å². The van der Waals surface area contributed by atoms with Gasteiger partial charge in [-0.2, -0.15) is 4.98 Å². The largest absolute Gasteiger partial charge is 0.337 e. The lowest BCUT2D eigenvalue weighted by atomic mass is 10.1. The highest BCUT2D eigenvalue weighted by Crippen LogP contribution is 2.23. The van der Waals surface area contributed by atoms with Gasteiger partial charge >= 0.3 is 0 Å². The first-order valence-electron chi connectivity index (χ1n) is 5.77. The van der Waals surface area contributed by atoms with Gasteiger partial charge in [-0.3, -0.25) is 4.98 Å². The zero-order valence-corrected chi connectivity index (χ0v) is 10.6. The van der Waals surface area contributed by atoms with Crippen molar-refractivity contribution in [3.8, 4) is 11.5 Å². The Morgan fingerprint density at radius 1 is 1.28 bits per heavy atom. The molecule has 1 fully saturated rings. The maximum Gasteiger partial charge on any atom is 0.244 e. The lowest BCUT2D eigenvalue weighted by Crippen LogP contribution is -2.26. The zero-order valence-electron chi connectivity index (χ0n) is 9.74. The molecule has 0 radical (unpaired) electrons. The molecular weight excluding hydrogens is 254 g/mol. The van der Waals surface area contributed by atoms with E-state index in [1.807, 2.05) is 0 Å². The highest BCUT2D eigenvalue weighted by molar-refractivity contribution is 5.85. The van der Waals surface area contributed by atoms with Crippen LogP contribution in [0.25, 0.3) is 11.5 Å². The van der Waals surface area contributed by atoms with Gasteiger partial charge in [0, 0.05) is 12.4 Å². The molecule has 18 heavy (non-hydrogen) atoms. The van der Waals surface area contributed by atoms with Crippen LogP contribution in [0.3, 0.4) is 0 Å². The fraction of sp³-hybridized carbons (Fsp3) is 0.455. The van der Waals surface area contributed by atoms with Crippen LogP contribution in [0.1, 0.15) is 31.2 Å². The van der Waals surface area contributed by atoms with Crippen LogP contribution in [0.15, 0.2) is 23.1 Å². The molecule has 0 saturated carbocycles. The zero-order chi connectivity index (χ0) is 11.5. The van der Waals surface area contributed by atoms with Crippen molar-refractivity contribution in [2.45, 2.75) is 25.3 Å². The van der Waals surface area contributed by atoms with E-state index in [0.717, 1.165) is 13.0 Å². The lowest BCUT2D eigenvalue weighted by molar-refractivity contribution is 0.297. The van der Waals surface area contributed by atoms with Crippen LogP contribution in [0.2, 0.25) is 0 Å². The maximum atomic E-state index is 5.27. The van der Waals surface area contributed by atoms with Crippen molar-refractivity contribution in [2.75, 3.05) is 6.54 Å². The summed E-state index contributed by atoms with van der Waals surface area (Å²) in [6, 6.07) is 0.182. The van der Waals surface area contributed by atoms with Gasteiger partial charge in [-0.15, -0.1) is 12.4 Å². The van der Waals surface area contributed by atoms with E-state index in [9.17, 15) is 0 Å². The molecule has 2 aromatic heterocycles. The highest BCUT2D eigenvalue weighted by Gasteiger charge is 2.21. The minimum Gasteiger partial charge on any atom is -0.337 e. The first-order chi connectivity index (χ1) is 8.43. The first-order valence-corrected chi connectivity index (χ1v) is 5.77. The topological polar surface area (TPSA) is 76.7 Å². The van der Waals surface area contributed by atoms with E-state index in [1.165, 1.54) is 12.8 Å². The molecule has 0 aliphatic carbocycles. The number of piperidine rings is 1. The Bertz CT molecular complexity index is 483. The molecule has 1 aliphatic heterocycles. The van der Waals surface area contributed by atoms with Crippen LogP contribution in [0.5, 0.6) is 0 Å². The molecule has 1 N–H and O–H groups in total. The number of nitrogens with one attached hydrogen (secondary N) is 1. The Hall–Kier alpha value is -1.53. The highest BCUT2D eigenvalue weighted by atomic mass is 35.5. The number of rotatable bonds is 2. The second kappa shape index (κ2) is 5.88. The van der Waals surface area contributed by atoms with Crippen molar-refractivity contribution in [1.82, 2.24) is 25.4 Å². The minimum absolute atomic E-state index is 0. The Balaban J connectivity index is 0.00000120. The Morgan fingerprint density at radius 2 is 2.22 bits per heavy atom. The molecule has 2 aromatic rings. The lowest BCUT2D eigenvalue weighted by Gasteiger charge is -2.19. The van der Waals surface area contributed by atoms with Gasteiger partial charge in [0.1, 0.15) is 5.69 Å². The number of hydrogen-bond donors (Lipinski definition) is 1. The molecule has 96 valence electrons. The second-order valence-corrected chi connectivity index (χ2v) is 4.05. The van der Waals surface area contributed by atoms with Crippen molar-refractivity contribution in [3.63, 3.8) is 0 Å². The van der Waals surface area contributed by atoms with Crippen LogP contribution in [0.4, 0.5) is 0 Å². The van der Waals surface area contributed by atoms with Crippen molar-refractivity contribution in [3.05, 3.63) is 24.5 Å². The van der Waals surface area contributed by atoms with Crippen LogP contribution in [-0.2, 0) is 0 Å². The van der Waals surface area contributed by atoms with Gasteiger partial charge in [0.25, 0.3) is 0 Å². The van der Waals surface area contributed by atoms with E-state index in [2.05, 4.69) is 25.4 Å². The van der Waals surface area contributed by atoms with Gasteiger partial charge in [0.2, 0.25) is 11.7 Å². The summed E-state index contributed by atoms with van der Waals surface area (Å²) in [7, 11) is 0. The third-order valence-corrected chi connectivity index (χ3v) is 2.84. The third kappa shape index (κ3) is 2.65. The van der Waals surface area contributed by atoms with E-state index in [-0.39, 0.29) is 18.4 Å². The summed E-state index contributed by atoms with van der Waals surface area (Å²) in [5.41, 5.74) is 0.637. The van der Waals surface area contributed by atoms with E-state index in [0.29, 0.717) is 17.4 Å². The molecule has 6 nitrogen and oxygen atoms in total. The van der Waals surface area contributed by atoms with Gasteiger partial charge in [0.05, 0.1) is 12.2 Å². The van der Waals surface area contributed by atoms with Gasteiger partial charge in [-0.25, -0.2) is 4.98 Å². The van der Waals surface area contributed by atoms with Crippen LogP contribution < -0.4 is 5.32 Å². The summed E-state index contributed by atoms with van der Waals surface area (Å²) in [5, 5.41) is 7.30. The summed E-state index contributed by atoms with van der Waals surface area (Å²) in [5.74, 6) is 1.14. The van der Waals surface area contributed by atoms with E-state index in [1.54, 1.807) is 18.6 Å². The van der Waals surface area contributed by atoms with E-state index in [4.69, 9.17) is 4.52 Å². The van der Waals surface area contributed by atoms with E-state index >= 15 is 0 Å². The number of halogens is 1. The molecule has 0 spiro atoms. The van der Waals surface area contributed by atoms with Crippen LogP contribution in [0, 0.1) is 0 Å².